The Kier molecular flexibility index (Phi) is 6.72. The minimum atomic E-state index is -3.39. The molecule has 1 saturated heterocycles. The van der Waals surface area contributed by atoms with E-state index in [1.807, 2.05) is 0 Å². The molecule has 8 heteroatoms. The SMILES string of the molecule is CN(C1CCCCC1)S(=O)(=O)N1CCN(Cc2ccc(F)cc2Br)CC1. The minimum Gasteiger partial charge on any atom is -0.296 e. The van der Waals surface area contributed by atoms with Crippen LogP contribution in [0.3, 0.4) is 0 Å². The third kappa shape index (κ3) is 4.65. The summed E-state index contributed by atoms with van der Waals surface area (Å²) in [4.78, 5) is 2.21. The molecule has 0 radical (unpaired) electrons. The molecule has 1 saturated carbocycles. The molecule has 1 aromatic rings. The third-order valence-corrected chi connectivity index (χ3v) is 8.30. The fourth-order valence-corrected chi connectivity index (χ4v) is 5.88. The molecule has 146 valence electrons. The zero-order valence-corrected chi connectivity index (χ0v) is 17.6. The molecule has 0 N–H and O–H groups in total. The normalized spacial score (nSPS) is 21.4. The van der Waals surface area contributed by atoms with Crippen LogP contribution in [-0.2, 0) is 16.8 Å². The van der Waals surface area contributed by atoms with Gasteiger partial charge < -0.3 is 0 Å². The first-order chi connectivity index (χ1) is 12.4. The van der Waals surface area contributed by atoms with Crippen LogP contribution in [0.15, 0.2) is 22.7 Å². The van der Waals surface area contributed by atoms with Crippen molar-refractivity contribution in [3.05, 3.63) is 34.1 Å². The fraction of sp³-hybridized carbons (Fsp3) is 0.667. The highest BCUT2D eigenvalue weighted by Crippen LogP contribution is 2.26. The van der Waals surface area contributed by atoms with Crippen molar-refractivity contribution in [2.24, 2.45) is 0 Å². The molecule has 26 heavy (non-hydrogen) atoms. The lowest BCUT2D eigenvalue weighted by atomic mass is 9.96. The Bertz CT molecular complexity index is 717. The van der Waals surface area contributed by atoms with E-state index in [1.54, 1.807) is 21.7 Å². The number of piperazine rings is 1. The largest absolute Gasteiger partial charge is 0.296 e. The fourth-order valence-electron chi connectivity index (χ4n) is 3.82. The van der Waals surface area contributed by atoms with Crippen molar-refractivity contribution < 1.29 is 12.8 Å². The van der Waals surface area contributed by atoms with Crippen molar-refractivity contribution in [3.63, 3.8) is 0 Å². The van der Waals surface area contributed by atoms with Crippen LogP contribution in [0.4, 0.5) is 4.39 Å². The van der Waals surface area contributed by atoms with Gasteiger partial charge in [0.05, 0.1) is 0 Å². The van der Waals surface area contributed by atoms with Gasteiger partial charge in [-0.25, -0.2) is 4.39 Å². The van der Waals surface area contributed by atoms with Gasteiger partial charge in [-0.2, -0.15) is 17.0 Å². The summed E-state index contributed by atoms with van der Waals surface area (Å²) in [6.07, 6.45) is 5.38. The lowest BCUT2D eigenvalue weighted by Gasteiger charge is -2.38. The summed E-state index contributed by atoms with van der Waals surface area (Å²) < 4.78 is 43.0. The number of hydrogen-bond acceptors (Lipinski definition) is 3. The van der Waals surface area contributed by atoms with Crippen LogP contribution >= 0.6 is 15.9 Å². The first-order valence-corrected chi connectivity index (χ1v) is 11.5. The highest BCUT2D eigenvalue weighted by Gasteiger charge is 2.34. The van der Waals surface area contributed by atoms with E-state index < -0.39 is 10.2 Å². The molecule has 5 nitrogen and oxygen atoms in total. The van der Waals surface area contributed by atoms with E-state index in [-0.39, 0.29) is 11.9 Å². The van der Waals surface area contributed by atoms with Crippen LogP contribution in [0.5, 0.6) is 0 Å². The molecule has 1 aliphatic heterocycles. The average molecular weight is 448 g/mol. The van der Waals surface area contributed by atoms with Crippen LogP contribution in [-0.4, -0.2) is 61.2 Å². The molecular formula is C18H27BrFN3O2S. The Morgan fingerprint density at radius 3 is 2.42 bits per heavy atom. The monoisotopic (exact) mass is 447 g/mol. The minimum absolute atomic E-state index is 0.141. The van der Waals surface area contributed by atoms with Gasteiger partial charge in [0, 0.05) is 50.3 Å². The van der Waals surface area contributed by atoms with Gasteiger partial charge in [0.1, 0.15) is 5.82 Å². The van der Waals surface area contributed by atoms with E-state index in [0.717, 1.165) is 35.7 Å². The van der Waals surface area contributed by atoms with E-state index in [2.05, 4.69) is 20.8 Å². The predicted molar refractivity (Wildman–Crippen MR) is 105 cm³/mol. The lowest BCUT2D eigenvalue weighted by Crippen LogP contribution is -2.54. The molecule has 0 spiro atoms. The summed E-state index contributed by atoms with van der Waals surface area (Å²) in [5.74, 6) is -0.262. The molecule has 0 aromatic heterocycles. The summed E-state index contributed by atoms with van der Waals surface area (Å²) in [5.41, 5.74) is 1.02. The topological polar surface area (TPSA) is 43.9 Å². The Labute approximate surface area is 164 Å². The third-order valence-electron chi connectivity index (χ3n) is 5.52. The molecule has 1 aliphatic carbocycles. The molecule has 0 atom stereocenters. The van der Waals surface area contributed by atoms with Gasteiger partial charge in [0.2, 0.25) is 0 Å². The van der Waals surface area contributed by atoms with Gasteiger partial charge in [0.25, 0.3) is 10.2 Å². The van der Waals surface area contributed by atoms with Gasteiger partial charge in [-0.15, -0.1) is 0 Å². The number of rotatable bonds is 5. The molecule has 0 amide bonds. The highest BCUT2D eigenvalue weighted by atomic mass is 79.9. The van der Waals surface area contributed by atoms with E-state index in [1.165, 1.54) is 18.6 Å². The maximum absolute atomic E-state index is 13.2. The van der Waals surface area contributed by atoms with Crippen molar-refractivity contribution in [1.82, 2.24) is 13.5 Å². The van der Waals surface area contributed by atoms with Crippen molar-refractivity contribution in [3.8, 4) is 0 Å². The maximum atomic E-state index is 13.2. The Morgan fingerprint density at radius 1 is 1.15 bits per heavy atom. The summed E-state index contributed by atoms with van der Waals surface area (Å²) in [7, 11) is -1.66. The van der Waals surface area contributed by atoms with Gasteiger partial charge in [0.15, 0.2) is 0 Å². The van der Waals surface area contributed by atoms with Gasteiger partial charge >= 0.3 is 0 Å². The number of nitrogens with zero attached hydrogens (tertiary/aromatic N) is 3. The average Bonchev–Trinajstić information content (AvgIpc) is 2.64. The summed E-state index contributed by atoms with van der Waals surface area (Å²) in [5, 5.41) is 0. The van der Waals surface area contributed by atoms with Crippen LogP contribution in [0.1, 0.15) is 37.7 Å². The highest BCUT2D eigenvalue weighted by molar-refractivity contribution is 9.10. The van der Waals surface area contributed by atoms with Crippen molar-refractivity contribution in [1.29, 1.82) is 0 Å². The Balaban J connectivity index is 1.57. The van der Waals surface area contributed by atoms with E-state index in [4.69, 9.17) is 0 Å². The molecule has 0 unspecified atom stereocenters. The first kappa shape index (κ1) is 20.2. The van der Waals surface area contributed by atoms with Crippen LogP contribution in [0.2, 0.25) is 0 Å². The lowest BCUT2D eigenvalue weighted by molar-refractivity contribution is 0.170. The number of hydrogen-bond donors (Lipinski definition) is 0. The van der Waals surface area contributed by atoms with E-state index in [0.29, 0.717) is 32.7 Å². The summed E-state index contributed by atoms with van der Waals surface area (Å²) in [6.45, 7) is 3.05. The molecule has 3 rings (SSSR count). The molecule has 1 heterocycles. The molecule has 2 fully saturated rings. The second-order valence-electron chi connectivity index (χ2n) is 7.23. The summed E-state index contributed by atoms with van der Waals surface area (Å²) in [6, 6.07) is 4.84. The molecule has 1 aromatic carbocycles. The Hall–Kier alpha value is -0.540. The quantitative estimate of drug-likeness (QED) is 0.695. The van der Waals surface area contributed by atoms with Crippen LogP contribution in [0.25, 0.3) is 0 Å². The van der Waals surface area contributed by atoms with Gasteiger partial charge in [-0.1, -0.05) is 41.3 Å². The second kappa shape index (κ2) is 8.65. The van der Waals surface area contributed by atoms with Gasteiger partial charge in [-0.05, 0) is 30.5 Å². The first-order valence-electron chi connectivity index (χ1n) is 9.27. The summed E-state index contributed by atoms with van der Waals surface area (Å²) >= 11 is 3.40. The number of benzene rings is 1. The van der Waals surface area contributed by atoms with E-state index in [9.17, 15) is 12.8 Å². The zero-order chi connectivity index (χ0) is 18.7. The second-order valence-corrected chi connectivity index (χ2v) is 10.1. The molecule has 2 aliphatic rings. The smallest absolute Gasteiger partial charge is 0.282 e. The zero-order valence-electron chi connectivity index (χ0n) is 15.2. The number of halogens is 2. The van der Waals surface area contributed by atoms with Crippen LogP contribution < -0.4 is 0 Å². The van der Waals surface area contributed by atoms with E-state index >= 15 is 0 Å². The van der Waals surface area contributed by atoms with Gasteiger partial charge in [-0.3, -0.25) is 4.90 Å². The molecular weight excluding hydrogens is 421 g/mol. The maximum Gasteiger partial charge on any atom is 0.282 e. The predicted octanol–water partition coefficient (Wildman–Crippen LogP) is 3.22. The standard InChI is InChI=1S/C18H27BrFN3O2S/c1-21(17-5-3-2-4-6-17)26(24,25)23-11-9-22(10-12-23)14-15-7-8-16(20)13-18(15)19/h7-8,13,17H,2-6,9-12,14H2,1H3. The van der Waals surface area contributed by atoms with Crippen molar-refractivity contribution in [2.45, 2.75) is 44.7 Å². The van der Waals surface area contributed by atoms with Crippen LogP contribution in [0, 0.1) is 5.82 Å². The van der Waals surface area contributed by atoms with Crippen molar-refractivity contribution >= 4 is 26.1 Å². The molecule has 0 bridgehead atoms. The van der Waals surface area contributed by atoms with Crippen molar-refractivity contribution in [2.75, 3.05) is 33.2 Å². The Morgan fingerprint density at radius 2 is 1.81 bits per heavy atom.